The summed E-state index contributed by atoms with van der Waals surface area (Å²) in [5, 5.41) is 29.1. The molecule has 0 unspecified atom stereocenters. The summed E-state index contributed by atoms with van der Waals surface area (Å²) in [6, 6.07) is 6.09. The Bertz CT molecular complexity index is 558. The number of nitro benzene ring substituents is 1. The Hall–Kier alpha value is -2.62. The molecule has 1 aromatic rings. The summed E-state index contributed by atoms with van der Waals surface area (Å²) in [4.78, 5) is 23.5. The van der Waals surface area contributed by atoms with Gasteiger partial charge in [0.05, 0.1) is 23.0 Å². The van der Waals surface area contributed by atoms with E-state index in [0.29, 0.717) is 6.54 Å². The minimum absolute atomic E-state index is 0.0857. The third-order valence-corrected chi connectivity index (χ3v) is 3.18. The first kappa shape index (κ1) is 13.8. The molecule has 0 aromatic heterocycles. The van der Waals surface area contributed by atoms with E-state index in [2.05, 4.69) is 0 Å². The average Bonchev–Trinajstić information content (AvgIpc) is 3.23. The van der Waals surface area contributed by atoms with Gasteiger partial charge in [-0.05, 0) is 18.9 Å². The quantitative estimate of drug-likeness (QED) is 0.629. The number of hydrogen-bond acceptors (Lipinski definition) is 5. The van der Waals surface area contributed by atoms with Crippen LogP contribution in [0.15, 0.2) is 18.2 Å². The summed E-state index contributed by atoms with van der Waals surface area (Å²) in [6.45, 7) is 0.298. The van der Waals surface area contributed by atoms with Gasteiger partial charge < -0.3 is 10.0 Å². The average molecular weight is 275 g/mol. The summed E-state index contributed by atoms with van der Waals surface area (Å²) in [6.07, 6.45) is 1.91. The fourth-order valence-electron chi connectivity index (χ4n) is 2.19. The Morgan fingerprint density at radius 1 is 1.55 bits per heavy atom. The Morgan fingerprint density at radius 3 is 2.75 bits per heavy atom. The summed E-state index contributed by atoms with van der Waals surface area (Å²) in [7, 11) is 0. The molecule has 20 heavy (non-hydrogen) atoms. The second-order valence-electron chi connectivity index (χ2n) is 4.57. The van der Waals surface area contributed by atoms with E-state index in [1.165, 1.54) is 18.2 Å². The van der Waals surface area contributed by atoms with Crippen LogP contribution in [-0.4, -0.2) is 28.6 Å². The molecule has 0 radical (unpaired) electrons. The maximum atomic E-state index is 11.3. The smallest absolute Gasteiger partial charge is 0.338 e. The van der Waals surface area contributed by atoms with Crippen LogP contribution in [0.4, 0.5) is 11.4 Å². The van der Waals surface area contributed by atoms with E-state index in [1.807, 2.05) is 6.07 Å². The number of nitro groups is 1. The van der Waals surface area contributed by atoms with E-state index >= 15 is 0 Å². The van der Waals surface area contributed by atoms with Gasteiger partial charge in [0.25, 0.3) is 5.69 Å². The number of hydrogen-bond donors (Lipinski definition) is 1. The van der Waals surface area contributed by atoms with E-state index in [-0.39, 0.29) is 29.4 Å². The highest BCUT2D eigenvalue weighted by molar-refractivity contribution is 5.97. The van der Waals surface area contributed by atoms with E-state index in [0.717, 1.165) is 12.8 Å². The predicted octanol–water partition coefficient (Wildman–Crippen LogP) is 2.18. The Labute approximate surface area is 115 Å². The van der Waals surface area contributed by atoms with Crippen molar-refractivity contribution >= 4 is 17.3 Å². The van der Waals surface area contributed by atoms with Crippen molar-refractivity contribution in [3.63, 3.8) is 0 Å². The van der Waals surface area contributed by atoms with E-state index < -0.39 is 10.9 Å². The number of nitrogens with zero attached hydrogens (tertiary/aromatic N) is 3. The summed E-state index contributed by atoms with van der Waals surface area (Å²) in [5.41, 5.74) is -0.207. The van der Waals surface area contributed by atoms with E-state index in [1.54, 1.807) is 4.90 Å². The zero-order chi connectivity index (χ0) is 14.7. The van der Waals surface area contributed by atoms with Gasteiger partial charge in [-0.25, -0.2) is 4.79 Å². The van der Waals surface area contributed by atoms with Gasteiger partial charge in [0.2, 0.25) is 0 Å². The van der Waals surface area contributed by atoms with Gasteiger partial charge in [0.1, 0.15) is 5.69 Å². The number of nitriles is 1. The Kier molecular flexibility index (Phi) is 3.84. The first-order valence-electron chi connectivity index (χ1n) is 6.20. The number of carbonyl (C=O) groups is 1. The second kappa shape index (κ2) is 5.57. The summed E-state index contributed by atoms with van der Waals surface area (Å²) >= 11 is 0. The van der Waals surface area contributed by atoms with Crippen molar-refractivity contribution in [3.05, 3.63) is 33.9 Å². The van der Waals surface area contributed by atoms with Crippen LogP contribution in [0.25, 0.3) is 0 Å². The minimum atomic E-state index is -1.20. The van der Waals surface area contributed by atoms with Crippen LogP contribution in [0.1, 0.15) is 29.6 Å². The number of aromatic carboxylic acids is 1. The van der Waals surface area contributed by atoms with Crippen LogP contribution < -0.4 is 4.90 Å². The van der Waals surface area contributed by atoms with Crippen LogP contribution in [-0.2, 0) is 0 Å². The fraction of sp³-hybridized carbons (Fsp3) is 0.385. The first-order valence-corrected chi connectivity index (χ1v) is 6.20. The molecule has 0 amide bonds. The lowest BCUT2D eigenvalue weighted by atomic mass is 10.1. The number of carboxylic acids is 1. The monoisotopic (exact) mass is 275 g/mol. The first-order chi connectivity index (χ1) is 9.56. The molecule has 1 aromatic carbocycles. The van der Waals surface area contributed by atoms with Crippen molar-refractivity contribution in [2.24, 2.45) is 0 Å². The molecular weight excluding hydrogens is 262 g/mol. The molecule has 1 N–H and O–H groups in total. The van der Waals surface area contributed by atoms with Crippen LogP contribution in [0.3, 0.4) is 0 Å². The van der Waals surface area contributed by atoms with Crippen LogP contribution >= 0.6 is 0 Å². The molecule has 2 rings (SSSR count). The highest BCUT2D eigenvalue weighted by Crippen LogP contribution is 2.39. The van der Waals surface area contributed by atoms with Crippen LogP contribution in [0, 0.1) is 21.4 Å². The number of para-hydroxylation sites is 1. The maximum absolute atomic E-state index is 11.3. The molecule has 0 heterocycles. The van der Waals surface area contributed by atoms with Gasteiger partial charge in [-0.1, -0.05) is 6.07 Å². The summed E-state index contributed by atoms with van der Waals surface area (Å²) < 4.78 is 0. The van der Waals surface area contributed by atoms with E-state index in [4.69, 9.17) is 5.26 Å². The number of anilines is 1. The normalized spacial score (nSPS) is 13.6. The molecule has 7 nitrogen and oxygen atoms in total. The highest BCUT2D eigenvalue weighted by atomic mass is 16.6. The predicted molar refractivity (Wildman–Crippen MR) is 70.7 cm³/mol. The fourth-order valence-corrected chi connectivity index (χ4v) is 2.19. The third-order valence-electron chi connectivity index (χ3n) is 3.18. The van der Waals surface area contributed by atoms with Crippen LogP contribution in [0.5, 0.6) is 0 Å². The molecule has 0 bridgehead atoms. The molecule has 104 valence electrons. The maximum Gasteiger partial charge on any atom is 0.338 e. The molecule has 7 heteroatoms. The molecule has 0 aliphatic heterocycles. The lowest BCUT2D eigenvalue weighted by Gasteiger charge is -2.24. The topological polar surface area (TPSA) is 107 Å². The molecule has 0 atom stereocenters. The van der Waals surface area contributed by atoms with Crippen molar-refractivity contribution in [2.45, 2.75) is 25.3 Å². The molecule has 1 aliphatic rings. The molecule has 1 aliphatic carbocycles. The van der Waals surface area contributed by atoms with Crippen molar-refractivity contribution in [3.8, 4) is 6.07 Å². The van der Waals surface area contributed by atoms with Crippen LogP contribution in [0.2, 0.25) is 0 Å². The lowest BCUT2D eigenvalue weighted by Crippen LogP contribution is -2.29. The zero-order valence-corrected chi connectivity index (χ0v) is 10.7. The molecule has 0 saturated heterocycles. The highest BCUT2D eigenvalue weighted by Gasteiger charge is 2.35. The lowest BCUT2D eigenvalue weighted by molar-refractivity contribution is -0.384. The standard InChI is InChI=1S/C13H13N3O4/c14-7-2-8-15(9-5-6-9)12-10(13(17)18)3-1-4-11(12)16(19)20/h1,3-4,9H,2,5-6,8H2,(H,17,18). The Balaban J connectivity index is 2.52. The van der Waals surface area contributed by atoms with Gasteiger partial charge >= 0.3 is 5.97 Å². The molecular formula is C13H13N3O4. The van der Waals surface area contributed by atoms with Crippen molar-refractivity contribution in [1.82, 2.24) is 0 Å². The largest absolute Gasteiger partial charge is 0.478 e. The van der Waals surface area contributed by atoms with Crippen molar-refractivity contribution in [1.29, 1.82) is 5.26 Å². The zero-order valence-electron chi connectivity index (χ0n) is 10.7. The SMILES string of the molecule is N#CCCN(c1c(C(=O)O)cccc1[N+](=O)[O-])C1CC1. The second-order valence-corrected chi connectivity index (χ2v) is 4.57. The number of rotatable bonds is 6. The van der Waals surface area contributed by atoms with Gasteiger partial charge in [0, 0.05) is 18.7 Å². The van der Waals surface area contributed by atoms with Crippen molar-refractivity contribution in [2.75, 3.05) is 11.4 Å². The molecule has 0 spiro atoms. The number of benzene rings is 1. The molecule has 1 saturated carbocycles. The summed E-state index contributed by atoms with van der Waals surface area (Å²) in [5.74, 6) is -1.20. The van der Waals surface area contributed by atoms with Crippen molar-refractivity contribution < 1.29 is 14.8 Å². The van der Waals surface area contributed by atoms with Gasteiger partial charge in [-0.15, -0.1) is 0 Å². The molecule has 1 fully saturated rings. The Morgan fingerprint density at radius 2 is 2.25 bits per heavy atom. The third kappa shape index (κ3) is 2.69. The van der Waals surface area contributed by atoms with Gasteiger partial charge in [0.15, 0.2) is 0 Å². The van der Waals surface area contributed by atoms with E-state index in [9.17, 15) is 20.0 Å². The van der Waals surface area contributed by atoms with Gasteiger partial charge in [-0.2, -0.15) is 5.26 Å². The minimum Gasteiger partial charge on any atom is -0.478 e. The number of carboxylic acid groups (broad SMARTS) is 1. The van der Waals surface area contributed by atoms with Gasteiger partial charge in [-0.3, -0.25) is 10.1 Å².